The number of amides is 1. The predicted molar refractivity (Wildman–Crippen MR) is 90.8 cm³/mol. The molecule has 1 N–H and O–H groups in total. The van der Waals surface area contributed by atoms with E-state index in [2.05, 4.69) is 0 Å². The van der Waals surface area contributed by atoms with Gasteiger partial charge in [-0.3, -0.25) is 9.59 Å². The van der Waals surface area contributed by atoms with Crippen LogP contribution in [0.3, 0.4) is 0 Å². The molecule has 3 rings (SSSR count). The van der Waals surface area contributed by atoms with Gasteiger partial charge in [0.2, 0.25) is 10.0 Å². The van der Waals surface area contributed by atoms with Crippen molar-refractivity contribution >= 4 is 15.9 Å². The number of sulfonamides is 1. The molecule has 0 atom stereocenters. The lowest BCUT2D eigenvalue weighted by molar-refractivity contribution is -0.141. The highest BCUT2D eigenvalue weighted by Gasteiger charge is 2.40. The van der Waals surface area contributed by atoms with Crippen molar-refractivity contribution in [1.29, 1.82) is 5.26 Å². The van der Waals surface area contributed by atoms with Crippen LogP contribution in [0.1, 0.15) is 40.9 Å². The summed E-state index contributed by atoms with van der Waals surface area (Å²) in [5, 5.41) is 8.90. The molecular weight excluding hydrogens is 401 g/mol. The number of H-pyrrole nitrogens is 1. The Balaban J connectivity index is 1.82. The number of halogens is 3. The van der Waals surface area contributed by atoms with Crippen molar-refractivity contribution in [3.05, 3.63) is 33.2 Å². The molecule has 0 aliphatic carbocycles. The van der Waals surface area contributed by atoms with Crippen molar-refractivity contribution in [2.24, 2.45) is 0 Å². The predicted octanol–water partition coefficient (Wildman–Crippen LogP) is 0.905. The van der Waals surface area contributed by atoms with Gasteiger partial charge in [0.1, 0.15) is 17.3 Å². The van der Waals surface area contributed by atoms with E-state index in [0.717, 1.165) is 0 Å². The fraction of sp³-hybridized carbons (Fsp3) is 0.562. The average molecular weight is 418 g/mol. The number of carbonyl (C=O) groups is 1. The Bertz CT molecular complexity index is 989. The van der Waals surface area contributed by atoms with Crippen LogP contribution < -0.4 is 5.56 Å². The number of aromatic amines is 1. The number of nitriles is 1. The van der Waals surface area contributed by atoms with Gasteiger partial charge in [0.15, 0.2) is 0 Å². The lowest BCUT2D eigenvalue weighted by Crippen LogP contribution is -2.47. The molecule has 152 valence electrons. The van der Waals surface area contributed by atoms with Crippen molar-refractivity contribution < 1.29 is 26.4 Å². The van der Waals surface area contributed by atoms with Crippen LogP contribution in [0.5, 0.6) is 0 Å². The molecule has 8 nitrogen and oxygen atoms in total. The second kappa shape index (κ2) is 7.21. The van der Waals surface area contributed by atoms with Crippen LogP contribution in [0.15, 0.2) is 10.9 Å². The maximum Gasteiger partial charge on any atom is 0.432 e. The number of nitrogens with one attached hydrogen (secondary N) is 1. The summed E-state index contributed by atoms with van der Waals surface area (Å²) in [6.45, 7) is 0.562. The molecule has 1 aromatic rings. The van der Waals surface area contributed by atoms with Gasteiger partial charge in [-0.15, -0.1) is 0 Å². The highest BCUT2D eigenvalue weighted by Crippen LogP contribution is 2.31. The number of hydrogen-bond acceptors (Lipinski definition) is 5. The van der Waals surface area contributed by atoms with E-state index in [1.54, 1.807) is 4.98 Å². The standard InChI is InChI=1S/C16H17F3N4O4S/c17-16(18,19)13-12(8-10(9-20)14(24)21-13)15(25)22-5-2-11(3-6-22)23-4-1-7-28(23,26)27/h8,11H,1-7H2,(H,21,24). The molecule has 1 aromatic heterocycles. The molecule has 0 unspecified atom stereocenters. The van der Waals surface area contributed by atoms with Crippen LogP contribution in [-0.4, -0.2) is 59.9 Å². The Morgan fingerprint density at radius 3 is 2.39 bits per heavy atom. The third kappa shape index (κ3) is 3.77. The van der Waals surface area contributed by atoms with Gasteiger partial charge >= 0.3 is 6.18 Å². The molecule has 0 radical (unpaired) electrons. The fourth-order valence-electron chi connectivity index (χ4n) is 3.60. The molecule has 2 aliphatic heterocycles. The molecular formula is C16H17F3N4O4S. The topological polar surface area (TPSA) is 114 Å². The zero-order valence-corrected chi connectivity index (χ0v) is 15.4. The summed E-state index contributed by atoms with van der Waals surface area (Å²) in [4.78, 5) is 27.0. The third-order valence-corrected chi connectivity index (χ3v) is 6.97. The number of piperidine rings is 1. The van der Waals surface area contributed by atoms with Gasteiger partial charge in [0, 0.05) is 25.7 Å². The van der Waals surface area contributed by atoms with Crippen LogP contribution in [0.25, 0.3) is 0 Å². The molecule has 2 fully saturated rings. The first-order chi connectivity index (χ1) is 13.0. The third-order valence-electron chi connectivity index (χ3n) is 4.97. The zero-order chi connectivity index (χ0) is 20.7. The summed E-state index contributed by atoms with van der Waals surface area (Å²) in [6, 6.07) is 1.84. The minimum atomic E-state index is -4.97. The number of carbonyl (C=O) groups excluding carboxylic acids is 1. The number of likely N-dealkylation sites (tertiary alicyclic amines) is 1. The first kappa shape index (κ1) is 20.3. The average Bonchev–Trinajstić information content (AvgIpc) is 2.99. The smallest absolute Gasteiger partial charge is 0.338 e. The Kier molecular flexibility index (Phi) is 5.24. The second-order valence-electron chi connectivity index (χ2n) is 6.71. The maximum absolute atomic E-state index is 13.2. The van der Waals surface area contributed by atoms with Gasteiger partial charge in [-0.1, -0.05) is 0 Å². The van der Waals surface area contributed by atoms with Gasteiger partial charge < -0.3 is 9.88 Å². The van der Waals surface area contributed by atoms with E-state index in [-0.39, 0.29) is 24.9 Å². The van der Waals surface area contributed by atoms with E-state index in [9.17, 15) is 31.2 Å². The number of aromatic nitrogens is 1. The molecule has 28 heavy (non-hydrogen) atoms. The van der Waals surface area contributed by atoms with Gasteiger partial charge in [0.05, 0.1) is 11.3 Å². The van der Waals surface area contributed by atoms with E-state index < -0.39 is 44.5 Å². The molecule has 0 saturated carbocycles. The van der Waals surface area contributed by atoms with E-state index in [4.69, 9.17) is 5.26 Å². The van der Waals surface area contributed by atoms with Crippen LogP contribution in [-0.2, 0) is 16.2 Å². The monoisotopic (exact) mass is 418 g/mol. The van der Waals surface area contributed by atoms with Gasteiger partial charge in [-0.2, -0.15) is 22.7 Å². The summed E-state index contributed by atoms with van der Waals surface area (Å²) in [5.41, 5.74) is -4.10. The van der Waals surface area contributed by atoms with Crippen molar-refractivity contribution in [2.75, 3.05) is 25.4 Å². The Morgan fingerprint density at radius 2 is 1.89 bits per heavy atom. The molecule has 2 aliphatic rings. The molecule has 3 heterocycles. The van der Waals surface area contributed by atoms with Crippen LogP contribution in [0.4, 0.5) is 13.2 Å². The highest BCUT2D eigenvalue weighted by molar-refractivity contribution is 7.89. The molecule has 0 aromatic carbocycles. The van der Waals surface area contributed by atoms with Crippen molar-refractivity contribution in [3.63, 3.8) is 0 Å². The molecule has 12 heteroatoms. The van der Waals surface area contributed by atoms with E-state index in [1.165, 1.54) is 15.3 Å². The maximum atomic E-state index is 13.2. The van der Waals surface area contributed by atoms with Crippen LogP contribution in [0, 0.1) is 11.3 Å². The first-order valence-electron chi connectivity index (χ1n) is 8.58. The SMILES string of the molecule is N#Cc1cc(C(=O)N2CCC(N3CCCS3(=O)=O)CC2)c(C(F)(F)F)[nH]c1=O. The fourth-order valence-corrected chi connectivity index (χ4v) is 5.40. The number of nitrogens with zero attached hydrogens (tertiary/aromatic N) is 3. The number of rotatable bonds is 2. The van der Waals surface area contributed by atoms with Crippen LogP contribution >= 0.6 is 0 Å². The molecule has 0 spiro atoms. The van der Waals surface area contributed by atoms with Crippen molar-refractivity contribution in [2.45, 2.75) is 31.5 Å². The lowest BCUT2D eigenvalue weighted by atomic mass is 10.0. The lowest BCUT2D eigenvalue weighted by Gasteiger charge is -2.36. The van der Waals surface area contributed by atoms with Gasteiger partial charge in [0.25, 0.3) is 11.5 Å². The van der Waals surface area contributed by atoms with E-state index in [1.807, 2.05) is 0 Å². The summed E-state index contributed by atoms with van der Waals surface area (Å²) in [5.74, 6) is -0.877. The summed E-state index contributed by atoms with van der Waals surface area (Å²) >= 11 is 0. The zero-order valence-electron chi connectivity index (χ0n) is 14.6. The minimum Gasteiger partial charge on any atom is -0.338 e. The summed E-state index contributed by atoms with van der Waals surface area (Å²) in [6.07, 6.45) is -3.83. The summed E-state index contributed by atoms with van der Waals surface area (Å²) in [7, 11) is -3.31. The minimum absolute atomic E-state index is 0.0772. The number of hydrogen-bond donors (Lipinski definition) is 1. The van der Waals surface area contributed by atoms with Gasteiger partial charge in [-0.05, 0) is 25.3 Å². The highest BCUT2D eigenvalue weighted by atomic mass is 32.2. The Morgan fingerprint density at radius 1 is 1.25 bits per heavy atom. The number of pyridine rings is 1. The van der Waals surface area contributed by atoms with E-state index >= 15 is 0 Å². The van der Waals surface area contributed by atoms with Crippen molar-refractivity contribution in [1.82, 2.24) is 14.2 Å². The quantitative estimate of drug-likeness (QED) is 0.767. The largest absolute Gasteiger partial charge is 0.432 e. The van der Waals surface area contributed by atoms with Crippen LogP contribution in [0.2, 0.25) is 0 Å². The van der Waals surface area contributed by atoms with E-state index in [0.29, 0.717) is 31.9 Å². The number of alkyl halides is 3. The van der Waals surface area contributed by atoms with Crippen molar-refractivity contribution in [3.8, 4) is 6.07 Å². The van der Waals surface area contributed by atoms with Gasteiger partial charge in [-0.25, -0.2) is 8.42 Å². The second-order valence-corrected chi connectivity index (χ2v) is 8.76. The molecule has 2 saturated heterocycles. The Labute approximate surface area is 158 Å². The Hall–Kier alpha value is -2.39. The summed E-state index contributed by atoms with van der Waals surface area (Å²) < 4.78 is 65.2. The normalized spacial score (nSPS) is 20.9. The molecule has 1 amide bonds. The first-order valence-corrected chi connectivity index (χ1v) is 10.2. The molecule has 0 bridgehead atoms.